The van der Waals surface area contributed by atoms with Crippen LogP contribution in [0.15, 0.2) is 65.8 Å². The Bertz CT molecular complexity index is 1150. The molecule has 136 valence electrons. The maximum absolute atomic E-state index is 13.0. The number of fused-ring (bicyclic) bond motifs is 1. The Balaban J connectivity index is 1.79. The van der Waals surface area contributed by atoms with E-state index in [-0.39, 0.29) is 5.56 Å². The van der Waals surface area contributed by atoms with Gasteiger partial charge in [0, 0.05) is 29.8 Å². The summed E-state index contributed by atoms with van der Waals surface area (Å²) in [6.45, 7) is 6.64. The van der Waals surface area contributed by atoms with Crippen LogP contribution in [0.3, 0.4) is 0 Å². The van der Waals surface area contributed by atoms with E-state index in [0.29, 0.717) is 12.3 Å². The van der Waals surface area contributed by atoms with Crippen molar-refractivity contribution in [3.05, 3.63) is 82.5 Å². The van der Waals surface area contributed by atoms with Gasteiger partial charge in [-0.2, -0.15) is 0 Å². The van der Waals surface area contributed by atoms with Crippen LogP contribution in [-0.2, 0) is 0 Å². The Morgan fingerprint density at radius 1 is 1.00 bits per heavy atom. The van der Waals surface area contributed by atoms with Gasteiger partial charge in [-0.1, -0.05) is 6.07 Å². The van der Waals surface area contributed by atoms with Crippen LogP contribution < -0.4 is 10.3 Å². The molecule has 0 atom stereocenters. The summed E-state index contributed by atoms with van der Waals surface area (Å²) in [6, 6.07) is 13.8. The van der Waals surface area contributed by atoms with Crippen LogP contribution in [0.2, 0.25) is 0 Å². The number of hydrogen-bond donors (Lipinski definition) is 0. The summed E-state index contributed by atoms with van der Waals surface area (Å²) in [7, 11) is 0. The van der Waals surface area contributed by atoms with Gasteiger partial charge in [0.25, 0.3) is 5.56 Å². The van der Waals surface area contributed by atoms with E-state index in [1.54, 1.807) is 15.2 Å². The van der Waals surface area contributed by atoms with Crippen molar-refractivity contribution in [1.82, 2.24) is 14.0 Å². The van der Waals surface area contributed by atoms with Crippen molar-refractivity contribution in [2.24, 2.45) is 0 Å². The molecule has 4 aromatic rings. The van der Waals surface area contributed by atoms with Crippen molar-refractivity contribution in [2.75, 3.05) is 6.61 Å². The molecule has 0 aliphatic heterocycles. The van der Waals surface area contributed by atoms with Crippen LogP contribution >= 0.6 is 0 Å². The Kier molecular flexibility index (Phi) is 4.28. The Labute approximate surface area is 157 Å². The summed E-state index contributed by atoms with van der Waals surface area (Å²) in [4.78, 5) is 17.6. The minimum Gasteiger partial charge on any atom is -0.494 e. The maximum atomic E-state index is 13.0. The first kappa shape index (κ1) is 17.1. The number of nitrogens with zero attached hydrogens (tertiary/aromatic N) is 3. The van der Waals surface area contributed by atoms with Crippen molar-refractivity contribution < 1.29 is 4.74 Å². The number of aromatic nitrogens is 3. The second kappa shape index (κ2) is 6.76. The highest BCUT2D eigenvalue weighted by Crippen LogP contribution is 2.22. The Hall–Kier alpha value is -3.34. The highest BCUT2D eigenvalue weighted by Gasteiger charge is 2.11. The number of aryl methyl sites for hydroxylation is 2. The van der Waals surface area contributed by atoms with Gasteiger partial charge < -0.3 is 9.14 Å². The summed E-state index contributed by atoms with van der Waals surface area (Å²) in [5.74, 6) is 0.821. The third-order valence-corrected chi connectivity index (χ3v) is 4.46. The minimum atomic E-state index is -0.139. The van der Waals surface area contributed by atoms with Crippen molar-refractivity contribution in [3.8, 4) is 22.7 Å². The number of ether oxygens (including phenoxy) is 1. The molecule has 0 fully saturated rings. The van der Waals surface area contributed by atoms with Crippen molar-refractivity contribution >= 4 is 5.65 Å². The first-order chi connectivity index (χ1) is 13.0. The first-order valence-electron chi connectivity index (χ1n) is 8.97. The fraction of sp³-hybridized carbons (Fsp3) is 0.182. The van der Waals surface area contributed by atoms with Gasteiger partial charge in [0.05, 0.1) is 12.3 Å². The van der Waals surface area contributed by atoms with Crippen molar-refractivity contribution in [3.63, 3.8) is 0 Å². The number of hydrogen-bond acceptors (Lipinski definition) is 3. The maximum Gasteiger partial charge on any atom is 0.298 e. The monoisotopic (exact) mass is 359 g/mol. The molecule has 2 aromatic carbocycles. The molecule has 5 heteroatoms. The zero-order valence-corrected chi connectivity index (χ0v) is 15.6. The van der Waals surface area contributed by atoms with Gasteiger partial charge in [-0.05, 0) is 68.3 Å². The SMILES string of the molecule is CCOc1ccc(-c2cn3ccn(-c4cc(C)cc(C)c4)c(=O)c3n2)cc1. The van der Waals surface area contributed by atoms with E-state index >= 15 is 0 Å². The lowest BCUT2D eigenvalue weighted by atomic mass is 10.1. The standard InChI is InChI=1S/C22H21N3O2/c1-4-27-19-7-5-17(6-8-19)20-14-24-9-10-25(22(26)21(24)23-20)18-12-15(2)11-16(3)13-18/h5-14H,4H2,1-3H3. The number of benzene rings is 2. The predicted molar refractivity (Wildman–Crippen MR) is 107 cm³/mol. The van der Waals surface area contributed by atoms with E-state index in [4.69, 9.17) is 4.74 Å². The fourth-order valence-corrected chi connectivity index (χ4v) is 3.30. The van der Waals surface area contributed by atoms with Gasteiger partial charge >= 0.3 is 0 Å². The zero-order valence-electron chi connectivity index (χ0n) is 15.6. The second-order valence-corrected chi connectivity index (χ2v) is 6.63. The van der Waals surface area contributed by atoms with Crippen molar-refractivity contribution in [2.45, 2.75) is 20.8 Å². The van der Waals surface area contributed by atoms with E-state index in [9.17, 15) is 4.79 Å². The lowest BCUT2D eigenvalue weighted by Gasteiger charge is -2.08. The van der Waals surface area contributed by atoms with Crippen molar-refractivity contribution in [1.29, 1.82) is 0 Å². The average Bonchev–Trinajstić information content (AvgIpc) is 3.07. The van der Waals surface area contributed by atoms with Gasteiger partial charge in [0.2, 0.25) is 5.65 Å². The van der Waals surface area contributed by atoms with Gasteiger partial charge in [-0.25, -0.2) is 4.98 Å². The smallest absolute Gasteiger partial charge is 0.298 e. The predicted octanol–water partition coefficient (Wildman–Crippen LogP) is 4.17. The molecule has 4 rings (SSSR count). The number of rotatable bonds is 4. The second-order valence-electron chi connectivity index (χ2n) is 6.63. The van der Waals surface area contributed by atoms with Crippen LogP contribution in [0.25, 0.3) is 22.6 Å². The Morgan fingerprint density at radius 2 is 1.70 bits per heavy atom. The first-order valence-corrected chi connectivity index (χ1v) is 8.97. The topological polar surface area (TPSA) is 48.5 Å². The van der Waals surface area contributed by atoms with Gasteiger partial charge in [-0.15, -0.1) is 0 Å². The molecule has 0 aliphatic carbocycles. The molecule has 0 bridgehead atoms. The van der Waals surface area contributed by atoms with E-state index in [0.717, 1.165) is 33.8 Å². The molecule has 0 spiro atoms. The molecule has 0 radical (unpaired) electrons. The summed E-state index contributed by atoms with van der Waals surface area (Å²) in [5, 5.41) is 0. The summed E-state index contributed by atoms with van der Waals surface area (Å²) < 4.78 is 8.89. The van der Waals surface area contributed by atoms with E-state index < -0.39 is 0 Å². The van der Waals surface area contributed by atoms with Crippen LogP contribution in [0.1, 0.15) is 18.1 Å². The summed E-state index contributed by atoms with van der Waals surface area (Å²) in [5.41, 5.74) is 5.06. The molecule has 0 amide bonds. The normalized spacial score (nSPS) is 11.1. The largest absolute Gasteiger partial charge is 0.494 e. The molecular formula is C22H21N3O2. The molecule has 0 N–H and O–H groups in total. The molecular weight excluding hydrogens is 338 g/mol. The molecule has 0 aliphatic rings. The summed E-state index contributed by atoms with van der Waals surface area (Å²) in [6.07, 6.45) is 5.52. The fourth-order valence-electron chi connectivity index (χ4n) is 3.30. The molecule has 5 nitrogen and oxygen atoms in total. The third-order valence-electron chi connectivity index (χ3n) is 4.46. The van der Waals surface area contributed by atoms with E-state index in [1.807, 2.05) is 69.6 Å². The van der Waals surface area contributed by atoms with E-state index in [2.05, 4.69) is 11.1 Å². The third kappa shape index (κ3) is 3.24. The lowest BCUT2D eigenvalue weighted by Crippen LogP contribution is -2.20. The van der Waals surface area contributed by atoms with Crippen LogP contribution in [-0.4, -0.2) is 20.6 Å². The van der Waals surface area contributed by atoms with Crippen LogP contribution in [0.4, 0.5) is 0 Å². The summed E-state index contributed by atoms with van der Waals surface area (Å²) >= 11 is 0. The molecule has 2 heterocycles. The van der Waals surface area contributed by atoms with Gasteiger partial charge in [-0.3, -0.25) is 9.36 Å². The highest BCUT2D eigenvalue weighted by molar-refractivity contribution is 5.63. The zero-order chi connectivity index (χ0) is 19.0. The van der Waals surface area contributed by atoms with Crippen LogP contribution in [0.5, 0.6) is 5.75 Å². The van der Waals surface area contributed by atoms with Gasteiger partial charge in [0.1, 0.15) is 5.75 Å². The lowest BCUT2D eigenvalue weighted by molar-refractivity contribution is 0.340. The molecule has 27 heavy (non-hydrogen) atoms. The van der Waals surface area contributed by atoms with E-state index in [1.165, 1.54) is 0 Å². The number of imidazole rings is 1. The molecule has 0 saturated carbocycles. The minimum absolute atomic E-state index is 0.139. The molecule has 2 aromatic heterocycles. The average molecular weight is 359 g/mol. The quantitative estimate of drug-likeness (QED) is 0.549. The highest BCUT2D eigenvalue weighted by atomic mass is 16.5. The molecule has 0 unspecified atom stereocenters. The van der Waals surface area contributed by atoms with Crippen LogP contribution in [0, 0.1) is 13.8 Å². The van der Waals surface area contributed by atoms with Gasteiger partial charge in [0.15, 0.2) is 0 Å². The molecule has 0 saturated heterocycles. The Morgan fingerprint density at radius 3 is 2.37 bits per heavy atom.